The van der Waals surface area contributed by atoms with E-state index in [0.717, 1.165) is 29.9 Å². The van der Waals surface area contributed by atoms with Gasteiger partial charge in [0, 0.05) is 35.5 Å². The fraction of sp³-hybridized carbons (Fsp3) is 0.444. The number of benzene rings is 1. The summed E-state index contributed by atoms with van der Waals surface area (Å²) in [7, 11) is -1.19. The van der Waals surface area contributed by atoms with Gasteiger partial charge in [0.25, 0.3) is 0 Å². The molecule has 1 unspecified atom stereocenters. The van der Waals surface area contributed by atoms with Crippen molar-refractivity contribution in [1.82, 2.24) is 15.1 Å². The molecule has 12 heteroatoms. The summed E-state index contributed by atoms with van der Waals surface area (Å²) in [6, 6.07) is 5.70. The number of aromatic nitrogens is 2. The van der Waals surface area contributed by atoms with Crippen molar-refractivity contribution in [3.8, 4) is 11.3 Å². The van der Waals surface area contributed by atoms with Gasteiger partial charge in [-0.2, -0.15) is 18.3 Å². The van der Waals surface area contributed by atoms with Crippen LogP contribution in [0.2, 0.25) is 5.02 Å². The van der Waals surface area contributed by atoms with E-state index in [1.54, 1.807) is 6.07 Å². The molecule has 0 saturated heterocycles. The Bertz CT molecular complexity index is 1050. The Kier molecular flexibility index (Phi) is 7.20. The van der Waals surface area contributed by atoms with Gasteiger partial charge in [-0.1, -0.05) is 11.6 Å². The van der Waals surface area contributed by atoms with Crippen LogP contribution in [0.15, 0.2) is 18.2 Å². The van der Waals surface area contributed by atoms with E-state index < -0.39 is 22.0 Å². The summed E-state index contributed by atoms with van der Waals surface area (Å²) in [6.07, 6.45) is -2.95. The molecule has 166 valence electrons. The van der Waals surface area contributed by atoms with Gasteiger partial charge in [-0.15, -0.1) is 0 Å². The van der Waals surface area contributed by atoms with E-state index >= 15 is 0 Å². The van der Waals surface area contributed by atoms with Crippen molar-refractivity contribution in [2.75, 3.05) is 12.8 Å². The Labute approximate surface area is 176 Å². The van der Waals surface area contributed by atoms with Gasteiger partial charge in [0.15, 0.2) is 9.84 Å². The van der Waals surface area contributed by atoms with Crippen LogP contribution in [-0.4, -0.2) is 48.3 Å². The molecule has 0 aliphatic carbocycles. The van der Waals surface area contributed by atoms with Crippen LogP contribution in [0, 0.1) is 0 Å². The SMILES string of the molecule is CC1NCCc2c1nn(C)c2-c1cc(Cl)cc(CS(C)(=O)=O)c1.O=C(O)C(F)(F)F. The first-order valence-electron chi connectivity index (χ1n) is 8.76. The summed E-state index contributed by atoms with van der Waals surface area (Å²) in [5, 5.41) is 15.7. The maximum Gasteiger partial charge on any atom is 0.490 e. The molecule has 2 N–H and O–H groups in total. The van der Waals surface area contributed by atoms with E-state index in [1.165, 1.54) is 11.8 Å². The first-order valence-corrected chi connectivity index (χ1v) is 11.2. The zero-order valence-electron chi connectivity index (χ0n) is 16.4. The van der Waals surface area contributed by atoms with Crippen LogP contribution in [0.25, 0.3) is 11.3 Å². The summed E-state index contributed by atoms with van der Waals surface area (Å²) in [5.74, 6) is -2.77. The third-order valence-electron chi connectivity index (χ3n) is 4.31. The monoisotopic (exact) mass is 467 g/mol. The third kappa shape index (κ3) is 6.19. The van der Waals surface area contributed by atoms with E-state index in [-0.39, 0.29) is 11.8 Å². The molecule has 1 aromatic heterocycles. The number of hydrogen-bond acceptors (Lipinski definition) is 5. The van der Waals surface area contributed by atoms with Crippen molar-refractivity contribution in [2.24, 2.45) is 7.05 Å². The number of halogens is 4. The van der Waals surface area contributed by atoms with Crippen molar-refractivity contribution in [3.63, 3.8) is 0 Å². The van der Waals surface area contributed by atoms with E-state index in [9.17, 15) is 21.6 Å². The van der Waals surface area contributed by atoms with E-state index in [0.29, 0.717) is 10.6 Å². The molecule has 3 rings (SSSR count). The average Bonchev–Trinajstić information content (AvgIpc) is 2.90. The fourth-order valence-electron chi connectivity index (χ4n) is 3.23. The molecule has 1 atom stereocenters. The maximum atomic E-state index is 11.6. The number of hydrogen-bond donors (Lipinski definition) is 2. The van der Waals surface area contributed by atoms with Crippen molar-refractivity contribution in [2.45, 2.75) is 31.3 Å². The van der Waals surface area contributed by atoms with Crippen LogP contribution in [-0.2, 0) is 33.9 Å². The molecule has 1 aliphatic rings. The predicted molar refractivity (Wildman–Crippen MR) is 106 cm³/mol. The minimum Gasteiger partial charge on any atom is -0.475 e. The van der Waals surface area contributed by atoms with Gasteiger partial charge in [0.1, 0.15) is 0 Å². The van der Waals surface area contributed by atoms with Crippen LogP contribution < -0.4 is 5.32 Å². The summed E-state index contributed by atoms with van der Waals surface area (Å²) in [4.78, 5) is 8.90. The number of rotatable bonds is 3. The van der Waals surface area contributed by atoms with Gasteiger partial charge < -0.3 is 10.4 Å². The van der Waals surface area contributed by atoms with Gasteiger partial charge in [-0.3, -0.25) is 4.68 Å². The number of nitrogens with zero attached hydrogens (tertiary/aromatic N) is 2. The molecule has 2 heterocycles. The van der Waals surface area contributed by atoms with Crippen LogP contribution in [0.5, 0.6) is 0 Å². The summed E-state index contributed by atoms with van der Waals surface area (Å²) in [5.41, 5.74) is 4.91. The Hall–Kier alpha value is -2.11. The summed E-state index contributed by atoms with van der Waals surface area (Å²) >= 11 is 6.22. The second-order valence-electron chi connectivity index (χ2n) is 6.98. The number of carbonyl (C=O) groups is 1. The van der Waals surface area contributed by atoms with E-state index in [2.05, 4.69) is 17.3 Å². The molecule has 7 nitrogen and oxygen atoms in total. The molecule has 1 aliphatic heterocycles. The molecule has 0 fully saturated rings. The molecule has 0 bridgehead atoms. The van der Waals surface area contributed by atoms with Gasteiger partial charge in [0.05, 0.1) is 17.1 Å². The topological polar surface area (TPSA) is 101 Å². The summed E-state index contributed by atoms with van der Waals surface area (Å²) < 4.78 is 56.8. The lowest BCUT2D eigenvalue weighted by molar-refractivity contribution is -0.192. The van der Waals surface area contributed by atoms with Gasteiger partial charge in [-0.25, -0.2) is 13.2 Å². The van der Waals surface area contributed by atoms with Crippen LogP contribution in [0.4, 0.5) is 13.2 Å². The van der Waals surface area contributed by atoms with Crippen molar-refractivity contribution < 1.29 is 31.5 Å². The number of aliphatic carboxylic acids is 1. The lowest BCUT2D eigenvalue weighted by Crippen LogP contribution is -2.27. The lowest BCUT2D eigenvalue weighted by atomic mass is 9.96. The Balaban J connectivity index is 0.000000396. The minimum atomic E-state index is -5.08. The van der Waals surface area contributed by atoms with Crippen LogP contribution in [0.3, 0.4) is 0 Å². The van der Waals surface area contributed by atoms with Crippen molar-refractivity contribution >= 4 is 27.4 Å². The molecule has 0 radical (unpaired) electrons. The largest absolute Gasteiger partial charge is 0.490 e. The smallest absolute Gasteiger partial charge is 0.475 e. The zero-order valence-corrected chi connectivity index (χ0v) is 18.0. The number of sulfone groups is 1. The Morgan fingerprint density at radius 3 is 2.50 bits per heavy atom. The minimum absolute atomic E-state index is 0.0153. The maximum absolute atomic E-state index is 11.6. The second-order valence-corrected chi connectivity index (χ2v) is 9.56. The number of carboxylic acids is 1. The number of alkyl halides is 3. The molecule has 30 heavy (non-hydrogen) atoms. The molecular weight excluding hydrogens is 447 g/mol. The fourth-order valence-corrected chi connectivity index (χ4v) is 4.26. The van der Waals surface area contributed by atoms with Crippen molar-refractivity contribution in [1.29, 1.82) is 0 Å². The second kappa shape index (κ2) is 8.94. The highest BCUT2D eigenvalue weighted by Gasteiger charge is 2.38. The lowest BCUT2D eigenvalue weighted by Gasteiger charge is -2.19. The number of fused-ring (bicyclic) bond motifs is 1. The van der Waals surface area contributed by atoms with Gasteiger partial charge in [-0.05, 0) is 43.7 Å². The molecular formula is C18H21ClF3N3O4S. The molecule has 1 aromatic carbocycles. The first kappa shape index (κ1) is 24.2. The van der Waals surface area contributed by atoms with E-state index in [4.69, 9.17) is 21.5 Å². The standard InChI is InChI=1S/C16H20ClN3O2S.C2HF3O2/c1-10-15-14(4-5-18-10)16(20(2)19-15)12-6-11(7-13(17)8-12)9-23(3,21)22;3-2(4,5)1(6)7/h6-8,10,18H,4-5,9H2,1-3H3;(H,6,7). The number of carboxylic acid groups (broad SMARTS) is 1. The molecule has 0 amide bonds. The van der Waals surface area contributed by atoms with Crippen molar-refractivity contribution in [3.05, 3.63) is 40.0 Å². The predicted octanol–water partition coefficient (Wildman–Crippen LogP) is 3.13. The highest BCUT2D eigenvalue weighted by molar-refractivity contribution is 7.89. The van der Waals surface area contributed by atoms with Crippen LogP contribution in [0.1, 0.15) is 29.8 Å². The first-order chi connectivity index (χ1) is 13.7. The molecule has 0 saturated carbocycles. The molecule has 0 spiro atoms. The average molecular weight is 468 g/mol. The highest BCUT2D eigenvalue weighted by atomic mass is 35.5. The number of nitrogens with one attached hydrogen (secondary N) is 1. The molecule has 2 aromatic rings. The zero-order chi connectivity index (χ0) is 22.9. The number of aryl methyl sites for hydroxylation is 1. The summed E-state index contributed by atoms with van der Waals surface area (Å²) in [6.45, 7) is 3.01. The van der Waals surface area contributed by atoms with E-state index in [1.807, 2.05) is 23.9 Å². The van der Waals surface area contributed by atoms with Gasteiger partial charge in [0.2, 0.25) is 0 Å². The third-order valence-corrected chi connectivity index (χ3v) is 5.39. The quantitative estimate of drug-likeness (QED) is 0.719. The normalized spacial score (nSPS) is 16.4. The Morgan fingerprint density at radius 1 is 1.37 bits per heavy atom. The van der Waals surface area contributed by atoms with Gasteiger partial charge >= 0.3 is 12.1 Å². The highest BCUT2D eigenvalue weighted by Crippen LogP contribution is 2.33. The van der Waals surface area contributed by atoms with Crippen LogP contribution >= 0.6 is 11.6 Å². The Morgan fingerprint density at radius 2 is 1.97 bits per heavy atom.